The maximum absolute atomic E-state index is 13.2. The first kappa shape index (κ1) is 24.8. The summed E-state index contributed by atoms with van der Waals surface area (Å²) in [6.07, 6.45) is 2.97. The number of nitrogens with two attached hydrogens (primary N) is 1. The van der Waals surface area contributed by atoms with Crippen molar-refractivity contribution < 1.29 is 18.0 Å². The van der Waals surface area contributed by atoms with Gasteiger partial charge in [-0.2, -0.15) is 4.31 Å². The lowest BCUT2D eigenvalue weighted by Crippen LogP contribution is -2.43. The molecule has 3 N–H and O–H groups in total. The molecular weight excluding hydrogens is 472 g/mol. The van der Waals surface area contributed by atoms with Crippen molar-refractivity contribution in [2.24, 2.45) is 11.7 Å². The molecule has 3 heterocycles. The Kier molecular flexibility index (Phi) is 7.42. The van der Waals surface area contributed by atoms with Gasteiger partial charge in [-0.1, -0.05) is 24.6 Å². The van der Waals surface area contributed by atoms with Gasteiger partial charge in [-0.05, 0) is 56.8 Å². The molecular formula is C24H32N4O4S2. The molecule has 10 heteroatoms. The highest BCUT2D eigenvalue weighted by Gasteiger charge is 2.34. The lowest BCUT2D eigenvalue weighted by atomic mass is 9.98. The highest BCUT2D eigenvalue weighted by molar-refractivity contribution is 7.89. The van der Waals surface area contributed by atoms with Crippen LogP contribution in [0.3, 0.4) is 0 Å². The van der Waals surface area contributed by atoms with Gasteiger partial charge in [0, 0.05) is 31.1 Å². The molecule has 184 valence electrons. The summed E-state index contributed by atoms with van der Waals surface area (Å²) in [6.45, 7) is 7.13. The van der Waals surface area contributed by atoms with Crippen LogP contribution in [0.2, 0.25) is 0 Å². The van der Waals surface area contributed by atoms with Gasteiger partial charge in [-0.15, -0.1) is 11.3 Å². The number of thiophene rings is 1. The standard InChI is InChI=1S/C24H32N4O4S2/c1-3-11-27-13-10-19-20(15-27)33-24(21(19)22(25)29)26-23(30)17-5-4-12-28(14-17)34(31,32)18-8-6-16(2)7-9-18/h6-9,17H,3-5,10-15H2,1-2H3,(H2,25,29)(H,26,30). The zero-order valence-corrected chi connectivity index (χ0v) is 21.3. The zero-order chi connectivity index (χ0) is 24.5. The molecule has 0 saturated carbocycles. The number of nitrogens with zero attached hydrogens (tertiary/aromatic N) is 2. The highest BCUT2D eigenvalue weighted by atomic mass is 32.2. The van der Waals surface area contributed by atoms with E-state index >= 15 is 0 Å². The first-order valence-corrected chi connectivity index (χ1v) is 14.0. The quantitative estimate of drug-likeness (QED) is 0.602. The molecule has 1 aromatic carbocycles. The van der Waals surface area contributed by atoms with Crippen LogP contribution in [0.1, 0.15) is 52.5 Å². The van der Waals surface area contributed by atoms with Crippen LogP contribution in [0.4, 0.5) is 5.00 Å². The number of carbonyl (C=O) groups is 2. The summed E-state index contributed by atoms with van der Waals surface area (Å²) in [4.78, 5) is 29.1. The fourth-order valence-corrected chi connectivity index (χ4v) is 7.58. The van der Waals surface area contributed by atoms with E-state index < -0.39 is 21.8 Å². The Morgan fingerprint density at radius 2 is 1.94 bits per heavy atom. The summed E-state index contributed by atoms with van der Waals surface area (Å²) >= 11 is 1.41. The number of aryl methyl sites for hydroxylation is 1. The number of piperidine rings is 1. The second kappa shape index (κ2) is 10.2. The van der Waals surface area contributed by atoms with Gasteiger partial charge in [0.25, 0.3) is 5.91 Å². The Hall–Kier alpha value is -2.27. The molecule has 0 bridgehead atoms. The number of benzene rings is 1. The molecule has 1 fully saturated rings. The van der Waals surface area contributed by atoms with Gasteiger partial charge in [0.15, 0.2) is 0 Å². The number of sulfonamides is 1. The van der Waals surface area contributed by atoms with Crippen molar-refractivity contribution in [1.29, 1.82) is 0 Å². The van der Waals surface area contributed by atoms with Crippen LogP contribution in [-0.4, -0.2) is 55.6 Å². The fraction of sp³-hybridized carbons (Fsp3) is 0.500. The number of nitrogens with one attached hydrogen (secondary N) is 1. The van der Waals surface area contributed by atoms with Crippen LogP contribution < -0.4 is 11.1 Å². The predicted molar refractivity (Wildman–Crippen MR) is 133 cm³/mol. The molecule has 4 rings (SSSR count). The topological polar surface area (TPSA) is 113 Å². The lowest BCUT2D eigenvalue weighted by molar-refractivity contribution is -0.120. The Bertz CT molecular complexity index is 1170. The lowest BCUT2D eigenvalue weighted by Gasteiger charge is -2.31. The zero-order valence-electron chi connectivity index (χ0n) is 19.7. The van der Waals surface area contributed by atoms with Crippen molar-refractivity contribution in [3.63, 3.8) is 0 Å². The van der Waals surface area contributed by atoms with E-state index in [0.717, 1.165) is 48.5 Å². The first-order chi connectivity index (χ1) is 16.2. The number of fused-ring (bicyclic) bond motifs is 1. The third-order valence-corrected chi connectivity index (χ3v) is 9.58. The molecule has 2 aromatic rings. The minimum atomic E-state index is -3.68. The van der Waals surface area contributed by atoms with E-state index in [1.54, 1.807) is 24.3 Å². The minimum Gasteiger partial charge on any atom is -0.365 e. The summed E-state index contributed by atoms with van der Waals surface area (Å²) < 4.78 is 27.6. The number of rotatable bonds is 7. The molecule has 2 aliphatic rings. The average molecular weight is 505 g/mol. The van der Waals surface area contributed by atoms with E-state index in [2.05, 4.69) is 17.1 Å². The Labute approximate surface area is 205 Å². The van der Waals surface area contributed by atoms with Crippen LogP contribution in [0, 0.1) is 12.8 Å². The maximum atomic E-state index is 13.2. The fourth-order valence-electron chi connectivity index (χ4n) is 4.76. The van der Waals surface area contributed by atoms with Crippen LogP contribution in [0.25, 0.3) is 0 Å². The van der Waals surface area contributed by atoms with Gasteiger partial charge in [0.1, 0.15) is 5.00 Å². The third kappa shape index (κ3) is 5.05. The monoisotopic (exact) mass is 504 g/mol. The largest absolute Gasteiger partial charge is 0.365 e. The van der Waals surface area contributed by atoms with Crippen molar-refractivity contribution in [2.45, 2.75) is 51.0 Å². The second-order valence-corrected chi connectivity index (χ2v) is 12.1. The summed E-state index contributed by atoms with van der Waals surface area (Å²) in [5.74, 6) is -1.30. The van der Waals surface area contributed by atoms with Crippen molar-refractivity contribution in [2.75, 3.05) is 31.5 Å². The van der Waals surface area contributed by atoms with E-state index in [-0.39, 0.29) is 17.3 Å². The number of primary amides is 1. The maximum Gasteiger partial charge on any atom is 0.251 e. The van der Waals surface area contributed by atoms with Gasteiger partial charge in [-0.3, -0.25) is 14.5 Å². The van der Waals surface area contributed by atoms with Crippen molar-refractivity contribution in [3.05, 3.63) is 45.8 Å². The molecule has 1 saturated heterocycles. The molecule has 0 spiro atoms. The van der Waals surface area contributed by atoms with Gasteiger partial charge in [0.2, 0.25) is 15.9 Å². The predicted octanol–water partition coefficient (Wildman–Crippen LogP) is 2.96. The van der Waals surface area contributed by atoms with E-state index in [1.807, 2.05) is 6.92 Å². The number of hydrogen-bond donors (Lipinski definition) is 2. The van der Waals surface area contributed by atoms with Crippen molar-refractivity contribution in [1.82, 2.24) is 9.21 Å². The molecule has 2 aliphatic heterocycles. The summed E-state index contributed by atoms with van der Waals surface area (Å²) in [6, 6.07) is 6.75. The van der Waals surface area contributed by atoms with Gasteiger partial charge >= 0.3 is 0 Å². The molecule has 1 unspecified atom stereocenters. The van der Waals surface area contributed by atoms with Crippen LogP contribution >= 0.6 is 11.3 Å². The molecule has 2 amide bonds. The Morgan fingerprint density at radius 3 is 2.62 bits per heavy atom. The number of amides is 2. The summed E-state index contributed by atoms with van der Waals surface area (Å²) in [5.41, 5.74) is 8.03. The molecule has 0 aliphatic carbocycles. The smallest absolute Gasteiger partial charge is 0.251 e. The van der Waals surface area contributed by atoms with E-state index in [9.17, 15) is 18.0 Å². The first-order valence-electron chi connectivity index (χ1n) is 11.7. The number of anilines is 1. The summed E-state index contributed by atoms with van der Waals surface area (Å²) in [5, 5.41) is 3.41. The van der Waals surface area contributed by atoms with E-state index in [1.165, 1.54) is 15.6 Å². The number of carbonyl (C=O) groups excluding carboxylic acids is 2. The average Bonchev–Trinajstić information content (AvgIpc) is 3.17. The molecule has 1 aromatic heterocycles. The third-order valence-electron chi connectivity index (χ3n) is 6.57. The van der Waals surface area contributed by atoms with Crippen molar-refractivity contribution >= 4 is 38.2 Å². The van der Waals surface area contributed by atoms with Gasteiger partial charge in [-0.25, -0.2) is 8.42 Å². The van der Waals surface area contributed by atoms with E-state index in [4.69, 9.17) is 5.73 Å². The van der Waals surface area contributed by atoms with Gasteiger partial charge < -0.3 is 11.1 Å². The van der Waals surface area contributed by atoms with Gasteiger partial charge in [0.05, 0.1) is 16.4 Å². The SMILES string of the molecule is CCCN1CCc2c(sc(NC(=O)C3CCCN(S(=O)(=O)c4ccc(C)cc4)C3)c2C(N)=O)C1. The van der Waals surface area contributed by atoms with Crippen molar-refractivity contribution in [3.8, 4) is 0 Å². The Balaban J connectivity index is 1.51. The summed E-state index contributed by atoms with van der Waals surface area (Å²) in [7, 11) is -3.68. The number of hydrogen-bond acceptors (Lipinski definition) is 6. The highest BCUT2D eigenvalue weighted by Crippen LogP contribution is 2.37. The molecule has 1 atom stereocenters. The normalized spacial score (nSPS) is 19.5. The molecule has 8 nitrogen and oxygen atoms in total. The van der Waals surface area contributed by atoms with Crippen LogP contribution in [0.15, 0.2) is 29.2 Å². The molecule has 0 radical (unpaired) electrons. The van der Waals surface area contributed by atoms with Crippen LogP contribution in [0.5, 0.6) is 0 Å². The van der Waals surface area contributed by atoms with E-state index in [0.29, 0.717) is 30.0 Å². The Morgan fingerprint density at radius 1 is 1.21 bits per heavy atom. The van der Waals surface area contributed by atoms with Crippen LogP contribution in [-0.2, 0) is 27.8 Å². The minimum absolute atomic E-state index is 0.114. The molecule has 34 heavy (non-hydrogen) atoms. The second-order valence-electron chi connectivity index (χ2n) is 9.10.